The van der Waals surface area contributed by atoms with Gasteiger partial charge in [0.15, 0.2) is 0 Å². The summed E-state index contributed by atoms with van der Waals surface area (Å²) in [7, 11) is 0. The van der Waals surface area contributed by atoms with Crippen molar-refractivity contribution in [3.8, 4) is 0 Å². The first-order valence-electron chi connectivity index (χ1n) is 3.12. The average molecular weight is 132 g/mol. The molecule has 0 heterocycles. The normalized spacial score (nSPS) is 52.0. The van der Waals surface area contributed by atoms with E-state index in [-0.39, 0.29) is 0 Å². The molecule has 0 radical (unpaired) electrons. The molecule has 0 aromatic rings. The van der Waals surface area contributed by atoms with Gasteiger partial charge < -0.3 is 15.3 Å². The smallest absolute Gasteiger partial charge is 0.108 e. The largest absolute Gasteiger partial charge is 0.390 e. The van der Waals surface area contributed by atoms with E-state index in [4.69, 9.17) is 10.2 Å². The minimum Gasteiger partial charge on any atom is -0.390 e. The molecule has 9 heavy (non-hydrogen) atoms. The Kier molecular flexibility index (Phi) is 1.50. The van der Waals surface area contributed by atoms with Crippen molar-refractivity contribution in [2.75, 3.05) is 0 Å². The summed E-state index contributed by atoms with van der Waals surface area (Å²) in [6.07, 6.45) is -0.721. The molecule has 1 fully saturated rings. The van der Waals surface area contributed by atoms with Gasteiger partial charge in [-0.1, -0.05) is 0 Å². The molecule has 3 nitrogen and oxygen atoms in total. The van der Waals surface area contributed by atoms with Crippen LogP contribution in [0.1, 0.15) is 19.8 Å². The fourth-order valence-electron chi connectivity index (χ4n) is 1.16. The van der Waals surface area contributed by atoms with Crippen molar-refractivity contribution in [2.24, 2.45) is 0 Å². The van der Waals surface area contributed by atoms with Crippen molar-refractivity contribution in [1.29, 1.82) is 0 Å². The number of hydrogen-bond donors (Lipinski definition) is 3. The van der Waals surface area contributed by atoms with Gasteiger partial charge >= 0.3 is 0 Å². The highest BCUT2D eigenvalue weighted by Crippen LogP contribution is 2.29. The Morgan fingerprint density at radius 2 is 2.00 bits per heavy atom. The van der Waals surface area contributed by atoms with Crippen molar-refractivity contribution < 1.29 is 15.3 Å². The molecule has 3 atom stereocenters. The van der Waals surface area contributed by atoms with Crippen LogP contribution >= 0.6 is 0 Å². The maximum Gasteiger partial charge on any atom is 0.108 e. The van der Waals surface area contributed by atoms with Gasteiger partial charge in [0.25, 0.3) is 0 Å². The third kappa shape index (κ3) is 1.08. The van der Waals surface area contributed by atoms with E-state index >= 15 is 0 Å². The topological polar surface area (TPSA) is 60.7 Å². The Morgan fingerprint density at radius 1 is 1.44 bits per heavy atom. The van der Waals surface area contributed by atoms with Gasteiger partial charge in [-0.15, -0.1) is 0 Å². The van der Waals surface area contributed by atoms with Crippen LogP contribution < -0.4 is 0 Å². The SMILES string of the molecule is C[C@]1(O)CC[C@H](O)[C@@H]1O. The molecule has 0 spiro atoms. The summed E-state index contributed by atoms with van der Waals surface area (Å²) in [6.45, 7) is 1.54. The lowest BCUT2D eigenvalue weighted by Crippen LogP contribution is -2.38. The van der Waals surface area contributed by atoms with Crippen LogP contribution in [-0.4, -0.2) is 33.1 Å². The summed E-state index contributed by atoms with van der Waals surface area (Å²) >= 11 is 0. The molecule has 0 aliphatic heterocycles. The van der Waals surface area contributed by atoms with Crippen molar-refractivity contribution in [2.45, 2.75) is 37.6 Å². The molecule has 1 aliphatic rings. The molecule has 3 heteroatoms. The van der Waals surface area contributed by atoms with Crippen molar-refractivity contribution >= 4 is 0 Å². The van der Waals surface area contributed by atoms with Gasteiger partial charge in [-0.05, 0) is 19.8 Å². The first-order chi connectivity index (χ1) is 4.04. The Balaban J connectivity index is 2.62. The minimum absolute atomic E-state index is 0.481. The lowest BCUT2D eigenvalue weighted by Gasteiger charge is -2.21. The molecule has 0 bridgehead atoms. The van der Waals surface area contributed by atoms with E-state index in [0.29, 0.717) is 12.8 Å². The molecular weight excluding hydrogens is 120 g/mol. The van der Waals surface area contributed by atoms with Gasteiger partial charge in [-0.3, -0.25) is 0 Å². The lowest BCUT2D eigenvalue weighted by molar-refractivity contribution is -0.0752. The van der Waals surface area contributed by atoms with Gasteiger partial charge in [0.2, 0.25) is 0 Å². The first kappa shape index (κ1) is 6.99. The molecule has 54 valence electrons. The monoisotopic (exact) mass is 132 g/mol. The van der Waals surface area contributed by atoms with E-state index in [1.165, 1.54) is 6.92 Å². The van der Waals surface area contributed by atoms with Crippen LogP contribution in [0.2, 0.25) is 0 Å². The molecule has 3 N–H and O–H groups in total. The van der Waals surface area contributed by atoms with E-state index < -0.39 is 17.8 Å². The predicted molar refractivity (Wildman–Crippen MR) is 31.9 cm³/mol. The quantitative estimate of drug-likeness (QED) is 0.406. The zero-order chi connectivity index (χ0) is 7.07. The molecule has 1 saturated carbocycles. The van der Waals surface area contributed by atoms with Crippen molar-refractivity contribution in [3.05, 3.63) is 0 Å². The summed E-state index contributed by atoms with van der Waals surface area (Å²) in [5, 5.41) is 27.2. The second-order valence-corrected chi connectivity index (χ2v) is 2.91. The third-order valence-corrected chi connectivity index (χ3v) is 1.95. The molecular formula is C6H12O3. The Morgan fingerprint density at radius 3 is 2.11 bits per heavy atom. The number of aliphatic hydroxyl groups excluding tert-OH is 2. The van der Waals surface area contributed by atoms with E-state index in [9.17, 15) is 5.11 Å². The van der Waals surface area contributed by atoms with E-state index in [2.05, 4.69) is 0 Å². The third-order valence-electron chi connectivity index (χ3n) is 1.95. The second-order valence-electron chi connectivity index (χ2n) is 2.91. The molecule has 0 aromatic carbocycles. The molecule has 0 saturated heterocycles. The summed E-state index contributed by atoms with van der Waals surface area (Å²) in [5.74, 6) is 0. The van der Waals surface area contributed by atoms with Crippen LogP contribution in [0.3, 0.4) is 0 Å². The van der Waals surface area contributed by atoms with Gasteiger partial charge in [0.05, 0.1) is 11.7 Å². The molecule has 1 rings (SSSR count). The second kappa shape index (κ2) is 1.94. The summed E-state index contributed by atoms with van der Waals surface area (Å²) in [4.78, 5) is 0. The highest BCUT2D eigenvalue weighted by atomic mass is 16.4. The van der Waals surface area contributed by atoms with E-state index in [1.54, 1.807) is 0 Å². The summed E-state index contributed by atoms with van der Waals surface area (Å²) < 4.78 is 0. The van der Waals surface area contributed by atoms with Crippen molar-refractivity contribution in [1.82, 2.24) is 0 Å². The van der Waals surface area contributed by atoms with Gasteiger partial charge in [0.1, 0.15) is 6.10 Å². The van der Waals surface area contributed by atoms with Crippen LogP contribution in [0.15, 0.2) is 0 Å². The van der Waals surface area contributed by atoms with E-state index in [1.807, 2.05) is 0 Å². The number of rotatable bonds is 0. The van der Waals surface area contributed by atoms with Crippen LogP contribution in [-0.2, 0) is 0 Å². The van der Waals surface area contributed by atoms with Crippen molar-refractivity contribution in [3.63, 3.8) is 0 Å². The Hall–Kier alpha value is -0.120. The van der Waals surface area contributed by atoms with Gasteiger partial charge in [0, 0.05) is 0 Å². The molecule has 0 aromatic heterocycles. The maximum atomic E-state index is 9.22. The van der Waals surface area contributed by atoms with Gasteiger partial charge in [-0.2, -0.15) is 0 Å². The van der Waals surface area contributed by atoms with Crippen LogP contribution in [0.5, 0.6) is 0 Å². The van der Waals surface area contributed by atoms with Crippen LogP contribution in [0.4, 0.5) is 0 Å². The first-order valence-corrected chi connectivity index (χ1v) is 3.12. The van der Waals surface area contributed by atoms with Crippen LogP contribution in [0, 0.1) is 0 Å². The van der Waals surface area contributed by atoms with Crippen LogP contribution in [0.25, 0.3) is 0 Å². The number of aliphatic hydroxyl groups is 3. The molecule has 0 unspecified atom stereocenters. The fraction of sp³-hybridized carbons (Fsp3) is 1.00. The lowest BCUT2D eigenvalue weighted by atomic mass is 10.0. The summed E-state index contributed by atoms with van der Waals surface area (Å²) in [5.41, 5.74) is -1.07. The Labute approximate surface area is 53.9 Å². The highest BCUT2D eigenvalue weighted by molar-refractivity contribution is 4.94. The minimum atomic E-state index is -1.07. The average Bonchev–Trinajstić information content (AvgIpc) is 1.97. The van der Waals surface area contributed by atoms with Gasteiger partial charge in [-0.25, -0.2) is 0 Å². The molecule has 0 amide bonds. The zero-order valence-corrected chi connectivity index (χ0v) is 5.41. The molecule has 1 aliphatic carbocycles. The number of hydrogen-bond acceptors (Lipinski definition) is 3. The predicted octanol–water partition coefficient (Wildman–Crippen LogP) is -0.747. The fourth-order valence-corrected chi connectivity index (χ4v) is 1.16. The zero-order valence-electron chi connectivity index (χ0n) is 5.41. The maximum absolute atomic E-state index is 9.22. The summed E-state index contributed by atoms with van der Waals surface area (Å²) in [6, 6.07) is 0. The highest BCUT2D eigenvalue weighted by Gasteiger charge is 2.41. The standard InChI is InChI=1S/C6H12O3/c1-6(9)3-2-4(7)5(6)8/h4-5,7-9H,2-3H2,1H3/t4-,5-,6-/m0/s1. The van der Waals surface area contributed by atoms with E-state index in [0.717, 1.165) is 0 Å². The Bertz CT molecular complexity index is 111.